The zero-order chi connectivity index (χ0) is 43.2. The molecule has 25 heteroatoms. The fourth-order valence-electron chi connectivity index (χ4n) is 8.06. The molecule has 0 aromatic rings. The standard InChI is InChI=1S/C34H56N2O23/c1-8-17(42)23(48)27-32(50-8)57-28-24(49)20(45)13(6-38)54-33(28)55-25-16(36-11(4)41)31(53-14(7-39)21(25)46)56-26-18(43)9(2)51-34(58-27)29(26)59-30-15(35-10(3)40)22(47)19(44)12(5-37)52-30/h8-9,12-34,37-39,42-49H,5-7H2,1-4H3,(H,35,40)(H,36,41)/t8-,9-,12+,13+,14+,15-,16+,17-,18-,19+,20-,21+,22+,23+,24-,25+,26+,27+,28+,29+,30-,31-,32-,33+,34-/m0/s1. The van der Waals surface area contributed by atoms with Gasteiger partial charge in [0.1, 0.15) is 110 Å². The lowest BCUT2D eigenvalue weighted by molar-refractivity contribution is -0.419. The quantitative estimate of drug-likeness (QED) is 0.113. The van der Waals surface area contributed by atoms with Crippen LogP contribution in [0.1, 0.15) is 27.7 Å². The first-order valence-electron chi connectivity index (χ1n) is 19.3. The minimum atomic E-state index is -1.96. The predicted octanol–water partition coefficient (Wildman–Crippen LogP) is -8.54. The third-order valence-electron chi connectivity index (χ3n) is 11.3. The highest BCUT2D eigenvalue weighted by Gasteiger charge is 2.59. The summed E-state index contributed by atoms with van der Waals surface area (Å²) in [6.07, 6.45) is -39.5. The molecule has 6 heterocycles. The number of aliphatic hydroxyl groups excluding tert-OH is 11. The van der Waals surface area contributed by atoms with Gasteiger partial charge in [-0.25, -0.2) is 0 Å². The molecular weight excluding hydrogens is 804 g/mol. The maximum atomic E-state index is 12.7. The van der Waals surface area contributed by atoms with Gasteiger partial charge in [-0.05, 0) is 13.8 Å². The van der Waals surface area contributed by atoms with Crippen LogP contribution in [0.2, 0.25) is 0 Å². The number of rotatable bonds is 7. The Morgan fingerprint density at radius 2 is 0.898 bits per heavy atom. The summed E-state index contributed by atoms with van der Waals surface area (Å²) in [5.41, 5.74) is 0. The molecule has 13 N–H and O–H groups in total. The summed E-state index contributed by atoms with van der Waals surface area (Å²) < 4.78 is 60.8. The van der Waals surface area contributed by atoms with Crippen LogP contribution in [0.5, 0.6) is 0 Å². The second-order valence-corrected chi connectivity index (χ2v) is 15.5. The molecule has 59 heavy (non-hydrogen) atoms. The molecule has 340 valence electrons. The van der Waals surface area contributed by atoms with Crippen LogP contribution in [0.4, 0.5) is 0 Å². The molecule has 25 atom stereocenters. The van der Waals surface area contributed by atoms with Crippen molar-refractivity contribution >= 4 is 11.8 Å². The first-order chi connectivity index (χ1) is 27.9. The summed E-state index contributed by atoms with van der Waals surface area (Å²) >= 11 is 0. The van der Waals surface area contributed by atoms with E-state index < -0.39 is 185 Å². The zero-order valence-electron chi connectivity index (χ0n) is 32.4. The maximum absolute atomic E-state index is 12.7. The fraction of sp³-hybridized carbons (Fsp3) is 0.941. The Morgan fingerprint density at radius 3 is 1.51 bits per heavy atom. The van der Waals surface area contributed by atoms with Crippen molar-refractivity contribution < 1.29 is 113 Å². The van der Waals surface area contributed by atoms with Crippen LogP contribution < -0.4 is 10.6 Å². The summed E-state index contributed by atoms with van der Waals surface area (Å²) in [5.74, 6) is -1.45. The van der Waals surface area contributed by atoms with Crippen LogP contribution in [0.3, 0.4) is 0 Å². The average molecular weight is 861 g/mol. The molecule has 2 amide bonds. The van der Waals surface area contributed by atoms with Gasteiger partial charge < -0.3 is 114 Å². The van der Waals surface area contributed by atoms with Crippen LogP contribution in [0, 0.1) is 0 Å². The lowest BCUT2D eigenvalue weighted by Crippen LogP contribution is -2.72. The molecule has 6 fully saturated rings. The van der Waals surface area contributed by atoms with Gasteiger partial charge in [-0.3, -0.25) is 9.59 Å². The molecule has 0 radical (unpaired) electrons. The smallest absolute Gasteiger partial charge is 0.217 e. The number of ether oxygens (including phenoxy) is 10. The molecule has 6 aliphatic heterocycles. The van der Waals surface area contributed by atoms with E-state index in [0.29, 0.717) is 0 Å². The van der Waals surface area contributed by atoms with E-state index in [4.69, 9.17) is 47.4 Å². The van der Waals surface area contributed by atoms with E-state index in [1.807, 2.05) is 0 Å². The van der Waals surface area contributed by atoms with Gasteiger partial charge in [-0.1, -0.05) is 0 Å². The number of carbonyl (C=O) groups excluding carboxylic acids is 2. The Bertz CT molecular complexity index is 1420. The van der Waals surface area contributed by atoms with E-state index in [1.165, 1.54) is 13.8 Å². The van der Waals surface area contributed by atoms with Crippen molar-refractivity contribution in [3.63, 3.8) is 0 Å². The second kappa shape index (κ2) is 19.2. The highest BCUT2D eigenvalue weighted by atomic mass is 16.8. The van der Waals surface area contributed by atoms with Crippen LogP contribution in [-0.2, 0) is 57.0 Å². The van der Waals surface area contributed by atoms with Crippen molar-refractivity contribution in [1.29, 1.82) is 0 Å². The molecule has 0 unspecified atom stereocenters. The van der Waals surface area contributed by atoms with Crippen molar-refractivity contribution in [1.82, 2.24) is 10.6 Å². The molecule has 0 aliphatic carbocycles. The van der Waals surface area contributed by atoms with E-state index in [2.05, 4.69) is 10.6 Å². The molecule has 0 saturated carbocycles. The molecule has 0 spiro atoms. The minimum absolute atomic E-state index is 0.717. The summed E-state index contributed by atoms with van der Waals surface area (Å²) in [6, 6.07) is -3.15. The Balaban J connectivity index is 1.50. The van der Waals surface area contributed by atoms with E-state index in [0.717, 1.165) is 13.8 Å². The lowest BCUT2D eigenvalue weighted by Gasteiger charge is -2.53. The monoisotopic (exact) mass is 860 g/mol. The Kier molecular flexibility index (Phi) is 15.2. The van der Waals surface area contributed by atoms with E-state index >= 15 is 0 Å². The van der Waals surface area contributed by atoms with E-state index in [1.54, 1.807) is 0 Å². The number of amides is 2. The van der Waals surface area contributed by atoms with Gasteiger partial charge in [0.2, 0.25) is 11.8 Å². The SMILES string of the molecule is CC(=O)N[C@@H]1[C@H](O[C@H]2[C@@H]3O[C@H]4[C@H](O[C@H]5[C@@H](O[C@H]6[C@H](O)[C@@H](CO)O[C@@H](O[C@@H]2[C@@H](O)[C@H](C)O3)[C@@H]6NC(C)=O)O[C@H](CO)[C@H](O)[C@@H]5O)O[C@@H](C)[C@H](O)[C@H]4O)O[C@H](CO)[C@@H](O)[C@@H]1O. The number of fused-ring (bicyclic) bond motifs is 6. The molecule has 6 saturated heterocycles. The van der Waals surface area contributed by atoms with Gasteiger partial charge in [0, 0.05) is 13.8 Å². The third kappa shape index (κ3) is 9.41. The molecule has 4 bridgehead atoms. The molecule has 6 rings (SSSR count). The lowest BCUT2D eigenvalue weighted by atomic mass is 9.93. The van der Waals surface area contributed by atoms with Crippen LogP contribution >= 0.6 is 0 Å². The van der Waals surface area contributed by atoms with Gasteiger partial charge in [0.05, 0.1) is 32.0 Å². The number of nitrogens with one attached hydrogen (secondary N) is 2. The van der Waals surface area contributed by atoms with Gasteiger partial charge in [0.25, 0.3) is 0 Å². The largest absolute Gasteiger partial charge is 0.394 e. The highest BCUT2D eigenvalue weighted by Crippen LogP contribution is 2.39. The Labute approximate surface area is 336 Å². The predicted molar refractivity (Wildman–Crippen MR) is 184 cm³/mol. The van der Waals surface area contributed by atoms with Crippen molar-refractivity contribution in [3.8, 4) is 0 Å². The van der Waals surface area contributed by atoms with E-state index in [-0.39, 0.29) is 0 Å². The van der Waals surface area contributed by atoms with Gasteiger partial charge >= 0.3 is 0 Å². The number of hydrogen-bond acceptors (Lipinski definition) is 23. The van der Waals surface area contributed by atoms with Crippen LogP contribution in [0.15, 0.2) is 0 Å². The Hall–Kier alpha value is -1.90. The Morgan fingerprint density at radius 1 is 0.458 bits per heavy atom. The van der Waals surface area contributed by atoms with Gasteiger partial charge in [-0.2, -0.15) is 0 Å². The van der Waals surface area contributed by atoms with Crippen LogP contribution in [0.25, 0.3) is 0 Å². The second-order valence-electron chi connectivity index (χ2n) is 15.5. The first kappa shape index (κ1) is 46.6. The van der Waals surface area contributed by atoms with Crippen molar-refractivity contribution in [2.45, 2.75) is 181 Å². The number of hydrogen-bond donors (Lipinski definition) is 13. The first-order valence-corrected chi connectivity index (χ1v) is 19.3. The molecule has 6 aliphatic rings. The topological polar surface area (TPSA) is 373 Å². The van der Waals surface area contributed by atoms with Gasteiger partial charge in [-0.15, -0.1) is 0 Å². The van der Waals surface area contributed by atoms with Gasteiger partial charge in [0.15, 0.2) is 31.5 Å². The molecular formula is C34H56N2O23. The normalized spacial score (nSPS) is 51.9. The summed E-state index contributed by atoms with van der Waals surface area (Å²) in [7, 11) is 0. The summed E-state index contributed by atoms with van der Waals surface area (Å²) in [6.45, 7) is 2.36. The van der Waals surface area contributed by atoms with Crippen molar-refractivity contribution in [2.75, 3.05) is 19.8 Å². The summed E-state index contributed by atoms with van der Waals surface area (Å²) in [4.78, 5) is 25.0. The summed E-state index contributed by atoms with van der Waals surface area (Å²) in [5, 5.41) is 125. The average Bonchev–Trinajstić information content (AvgIpc) is 3.18. The van der Waals surface area contributed by atoms with Crippen molar-refractivity contribution in [2.24, 2.45) is 0 Å². The highest BCUT2D eigenvalue weighted by molar-refractivity contribution is 5.73. The zero-order valence-corrected chi connectivity index (χ0v) is 32.4. The van der Waals surface area contributed by atoms with E-state index in [9.17, 15) is 65.8 Å². The maximum Gasteiger partial charge on any atom is 0.217 e. The molecule has 0 aromatic carbocycles. The number of carbonyl (C=O) groups is 2. The molecule has 0 aromatic heterocycles. The molecule has 25 nitrogen and oxygen atoms in total. The van der Waals surface area contributed by atoms with Crippen molar-refractivity contribution in [3.05, 3.63) is 0 Å². The third-order valence-corrected chi connectivity index (χ3v) is 11.3. The minimum Gasteiger partial charge on any atom is -0.394 e. The van der Waals surface area contributed by atoms with Crippen LogP contribution in [-0.4, -0.2) is 241 Å². The fourth-order valence-corrected chi connectivity index (χ4v) is 8.06. The number of aliphatic hydroxyl groups is 11.